The predicted molar refractivity (Wildman–Crippen MR) is 84.7 cm³/mol. The van der Waals surface area contributed by atoms with Crippen molar-refractivity contribution in [1.82, 2.24) is 9.55 Å². The van der Waals surface area contributed by atoms with Crippen LogP contribution in [0.4, 0.5) is 5.69 Å². The number of aromatic nitrogens is 2. The van der Waals surface area contributed by atoms with Crippen LogP contribution in [0.3, 0.4) is 0 Å². The molecule has 0 saturated heterocycles. The number of carbonyl (C=O) groups excluding carboxylic acids is 1. The quantitative estimate of drug-likeness (QED) is 0.783. The highest BCUT2D eigenvalue weighted by Crippen LogP contribution is 2.24. The average molecular weight is 377 g/mol. The van der Waals surface area contributed by atoms with E-state index in [4.69, 9.17) is 23.2 Å². The van der Waals surface area contributed by atoms with Gasteiger partial charge in [0.25, 0.3) is 5.91 Å². The van der Waals surface area contributed by atoms with E-state index in [-0.39, 0.29) is 11.9 Å². The summed E-state index contributed by atoms with van der Waals surface area (Å²) in [6, 6.07) is 3.46. The lowest BCUT2D eigenvalue weighted by Crippen LogP contribution is -2.17. The fraction of sp³-hybridized carbons (Fsp3) is 0.231. The number of nitrogens with one attached hydrogen (secondary N) is 1. The minimum Gasteiger partial charge on any atom is -0.339 e. The third-order valence-electron chi connectivity index (χ3n) is 2.66. The third kappa shape index (κ3) is 3.34. The molecule has 2 rings (SSSR count). The number of rotatable bonds is 3. The number of carbonyl (C=O) groups is 1. The van der Waals surface area contributed by atoms with Gasteiger partial charge in [-0.2, -0.15) is 0 Å². The van der Waals surface area contributed by atoms with Crippen molar-refractivity contribution in [2.75, 3.05) is 5.32 Å². The minimum atomic E-state index is -0.248. The van der Waals surface area contributed by atoms with E-state index in [0.717, 1.165) is 0 Å². The molecule has 0 fully saturated rings. The number of anilines is 1. The molecule has 0 aliphatic rings. The van der Waals surface area contributed by atoms with Crippen LogP contribution < -0.4 is 5.32 Å². The van der Waals surface area contributed by atoms with Gasteiger partial charge in [-0.1, -0.05) is 23.2 Å². The zero-order chi connectivity index (χ0) is 14.9. The lowest BCUT2D eigenvalue weighted by molar-refractivity contribution is 0.101. The van der Waals surface area contributed by atoms with Gasteiger partial charge in [0.15, 0.2) is 0 Å². The van der Waals surface area contributed by atoms with Crippen LogP contribution in [-0.4, -0.2) is 15.5 Å². The standard InChI is InChI=1S/C13H12BrCl2N3O/c1-7(2)19-6-8(15)3-11(19)13(20)18-9-4-10(14)12(16)17-5-9/h3-7H,1-2H3,(H,18,20). The van der Waals surface area contributed by atoms with E-state index in [1.807, 2.05) is 18.4 Å². The maximum atomic E-state index is 12.3. The number of hydrogen-bond donors (Lipinski definition) is 1. The van der Waals surface area contributed by atoms with E-state index < -0.39 is 0 Å². The van der Waals surface area contributed by atoms with Gasteiger partial charge in [-0.05, 0) is 41.9 Å². The van der Waals surface area contributed by atoms with Crippen LogP contribution in [0.5, 0.6) is 0 Å². The molecule has 0 aromatic carbocycles. The summed E-state index contributed by atoms with van der Waals surface area (Å²) in [7, 11) is 0. The fourth-order valence-corrected chi connectivity index (χ4v) is 2.40. The van der Waals surface area contributed by atoms with Gasteiger partial charge in [0.2, 0.25) is 0 Å². The topological polar surface area (TPSA) is 46.9 Å². The van der Waals surface area contributed by atoms with Gasteiger partial charge < -0.3 is 9.88 Å². The number of hydrogen-bond acceptors (Lipinski definition) is 2. The number of pyridine rings is 1. The maximum Gasteiger partial charge on any atom is 0.272 e. The van der Waals surface area contributed by atoms with Crippen LogP contribution in [0.1, 0.15) is 30.4 Å². The summed E-state index contributed by atoms with van der Waals surface area (Å²) in [4.78, 5) is 16.2. The number of amides is 1. The van der Waals surface area contributed by atoms with Crippen molar-refractivity contribution in [2.45, 2.75) is 19.9 Å². The first-order chi connectivity index (χ1) is 9.38. The molecule has 2 aromatic heterocycles. The van der Waals surface area contributed by atoms with Gasteiger partial charge in [0, 0.05) is 12.2 Å². The van der Waals surface area contributed by atoms with Crippen LogP contribution in [0, 0.1) is 0 Å². The normalized spacial score (nSPS) is 10.9. The second-order valence-electron chi connectivity index (χ2n) is 4.50. The van der Waals surface area contributed by atoms with Crippen LogP contribution in [0.25, 0.3) is 0 Å². The second kappa shape index (κ2) is 6.16. The van der Waals surface area contributed by atoms with Crippen molar-refractivity contribution < 1.29 is 4.79 Å². The smallest absolute Gasteiger partial charge is 0.272 e. The van der Waals surface area contributed by atoms with E-state index in [0.29, 0.717) is 26.0 Å². The molecule has 1 N–H and O–H groups in total. The molecule has 0 spiro atoms. The molecule has 0 aliphatic carbocycles. The van der Waals surface area contributed by atoms with Gasteiger partial charge in [-0.15, -0.1) is 0 Å². The SMILES string of the molecule is CC(C)n1cc(Cl)cc1C(=O)Nc1cnc(Cl)c(Br)c1. The molecular weight excluding hydrogens is 365 g/mol. The Morgan fingerprint density at radius 2 is 2.10 bits per heavy atom. The van der Waals surface area contributed by atoms with Crippen molar-refractivity contribution in [2.24, 2.45) is 0 Å². The Balaban J connectivity index is 2.26. The molecule has 2 aromatic rings. The number of halogens is 3. The highest BCUT2D eigenvalue weighted by atomic mass is 79.9. The van der Waals surface area contributed by atoms with Crippen molar-refractivity contribution >= 4 is 50.7 Å². The summed E-state index contributed by atoms with van der Waals surface area (Å²) in [5.74, 6) is -0.248. The van der Waals surface area contributed by atoms with Gasteiger partial charge >= 0.3 is 0 Å². The van der Waals surface area contributed by atoms with E-state index in [9.17, 15) is 4.79 Å². The first kappa shape index (κ1) is 15.4. The van der Waals surface area contributed by atoms with Crippen LogP contribution in [0.2, 0.25) is 10.2 Å². The molecule has 20 heavy (non-hydrogen) atoms. The lowest BCUT2D eigenvalue weighted by Gasteiger charge is -2.12. The predicted octanol–water partition coefficient (Wildman–Crippen LogP) is 4.79. The first-order valence-corrected chi connectivity index (χ1v) is 7.43. The highest BCUT2D eigenvalue weighted by Gasteiger charge is 2.15. The van der Waals surface area contributed by atoms with Gasteiger partial charge in [-0.3, -0.25) is 4.79 Å². The highest BCUT2D eigenvalue weighted by molar-refractivity contribution is 9.10. The zero-order valence-electron chi connectivity index (χ0n) is 10.8. The van der Waals surface area contributed by atoms with Crippen molar-refractivity contribution in [1.29, 1.82) is 0 Å². The number of nitrogens with zero attached hydrogens (tertiary/aromatic N) is 2. The third-order valence-corrected chi connectivity index (χ3v) is 4.00. The van der Waals surface area contributed by atoms with Crippen molar-refractivity contribution in [3.63, 3.8) is 0 Å². The Bertz CT molecular complexity index is 655. The molecule has 0 saturated carbocycles. The van der Waals surface area contributed by atoms with Crippen LogP contribution >= 0.6 is 39.1 Å². The molecule has 7 heteroatoms. The van der Waals surface area contributed by atoms with Gasteiger partial charge in [-0.25, -0.2) is 4.98 Å². The minimum absolute atomic E-state index is 0.137. The molecular formula is C13H12BrCl2N3O. The monoisotopic (exact) mass is 375 g/mol. The Hall–Kier alpha value is -1.04. The molecule has 106 valence electrons. The Labute approximate surface area is 135 Å². The molecule has 0 atom stereocenters. The van der Waals surface area contributed by atoms with Crippen LogP contribution in [0.15, 0.2) is 29.0 Å². The second-order valence-corrected chi connectivity index (χ2v) is 6.14. The summed E-state index contributed by atoms with van der Waals surface area (Å²) in [6.45, 7) is 3.96. The van der Waals surface area contributed by atoms with E-state index >= 15 is 0 Å². The molecule has 0 bridgehead atoms. The van der Waals surface area contributed by atoms with E-state index in [2.05, 4.69) is 26.2 Å². The summed E-state index contributed by atoms with van der Waals surface area (Å²) in [6.07, 6.45) is 3.23. The van der Waals surface area contributed by atoms with E-state index in [1.165, 1.54) is 6.20 Å². The molecule has 1 amide bonds. The molecule has 2 heterocycles. The average Bonchev–Trinajstić information content (AvgIpc) is 2.76. The summed E-state index contributed by atoms with van der Waals surface area (Å²) < 4.78 is 2.44. The van der Waals surface area contributed by atoms with E-state index in [1.54, 1.807) is 18.3 Å². The summed E-state index contributed by atoms with van der Waals surface area (Å²) in [5, 5.41) is 3.64. The van der Waals surface area contributed by atoms with Crippen molar-refractivity contribution in [3.05, 3.63) is 44.9 Å². The zero-order valence-corrected chi connectivity index (χ0v) is 13.9. The van der Waals surface area contributed by atoms with Gasteiger partial charge in [0.05, 0.1) is 21.4 Å². The van der Waals surface area contributed by atoms with Crippen molar-refractivity contribution in [3.8, 4) is 0 Å². The Kier molecular flexibility index (Phi) is 4.73. The molecule has 4 nitrogen and oxygen atoms in total. The Morgan fingerprint density at radius 1 is 1.40 bits per heavy atom. The first-order valence-electron chi connectivity index (χ1n) is 5.88. The summed E-state index contributed by atoms with van der Waals surface area (Å²) in [5.41, 5.74) is 1.05. The van der Waals surface area contributed by atoms with Crippen LogP contribution in [-0.2, 0) is 0 Å². The molecule has 0 radical (unpaired) electrons. The summed E-state index contributed by atoms with van der Waals surface area (Å²) >= 11 is 15.0. The fourth-order valence-electron chi connectivity index (χ4n) is 1.74. The van der Waals surface area contributed by atoms with Gasteiger partial charge in [0.1, 0.15) is 10.8 Å². The lowest BCUT2D eigenvalue weighted by atomic mass is 10.3. The largest absolute Gasteiger partial charge is 0.339 e. The Morgan fingerprint density at radius 3 is 2.70 bits per heavy atom. The molecule has 0 unspecified atom stereocenters. The molecule has 0 aliphatic heterocycles. The maximum absolute atomic E-state index is 12.3.